The Hall–Kier alpha value is -2.70. The van der Waals surface area contributed by atoms with Crippen LogP contribution in [0.5, 0.6) is 0 Å². The third kappa shape index (κ3) is 4.55. The Bertz CT molecular complexity index is 1210. The Balaban J connectivity index is 1.49. The predicted molar refractivity (Wildman–Crippen MR) is 122 cm³/mol. The van der Waals surface area contributed by atoms with E-state index >= 15 is 4.39 Å². The normalized spacial score (nSPS) is 18.4. The summed E-state index contributed by atoms with van der Waals surface area (Å²) in [7, 11) is 2.98. The Morgan fingerprint density at radius 1 is 1.36 bits per heavy atom. The van der Waals surface area contributed by atoms with Crippen molar-refractivity contribution in [1.82, 2.24) is 30.3 Å². The number of amides is 1. The largest absolute Gasteiger partial charge is 0.465 e. The molecule has 1 aliphatic rings. The Kier molecular flexibility index (Phi) is 6.59. The maximum atomic E-state index is 15.0. The van der Waals surface area contributed by atoms with Crippen LogP contribution in [-0.2, 0) is 11.8 Å². The van der Waals surface area contributed by atoms with Gasteiger partial charge in [-0.1, -0.05) is 39.8 Å². The maximum Gasteiger partial charge on any atom is 0.350 e. The molecule has 0 saturated carbocycles. The summed E-state index contributed by atoms with van der Waals surface area (Å²) in [5, 5.41) is 11.4. The van der Waals surface area contributed by atoms with E-state index in [0.29, 0.717) is 35.2 Å². The van der Waals surface area contributed by atoms with Crippen molar-refractivity contribution in [3.8, 4) is 11.4 Å². The van der Waals surface area contributed by atoms with Crippen LogP contribution in [0.1, 0.15) is 32.3 Å². The lowest BCUT2D eigenvalue weighted by molar-refractivity contribution is 0.0606. The third-order valence-electron chi connectivity index (χ3n) is 5.24. The summed E-state index contributed by atoms with van der Waals surface area (Å²) in [5.41, 5.74) is 1.40. The molecule has 0 bridgehead atoms. The molecule has 10 nitrogen and oxygen atoms in total. The number of hydrogen-bond acceptors (Lipinski definition) is 8. The number of halogens is 3. The second-order valence-corrected chi connectivity index (χ2v) is 9.26. The van der Waals surface area contributed by atoms with E-state index in [9.17, 15) is 9.59 Å². The fraction of sp³-hybridized carbons (Fsp3) is 0.421. The molecule has 3 aromatic rings. The van der Waals surface area contributed by atoms with Gasteiger partial charge in [-0.3, -0.25) is 9.48 Å². The molecule has 2 N–H and O–H groups in total. The topological polar surface area (TPSA) is 118 Å². The van der Waals surface area contributed by atoms with Crippen molar-refractivity contribution in [3.63, 3.8) is 0 Å². The Labute approximate surface area is 202 Å². The fourth-order valence-corrected chi connectivity index (χ4v) is 4.96. The van der Waals surface area contributed by atoms with Crippen LogP contribution >= 0.6 is 34.5 Å². The van der Waals surface area contributed by atoms with Crippen LogP contribution in [0.3, 0.4) is 0 Å². The summed E-state index contributed by atoms with van der Waals surface area (Å²) in [5.74, 6) is -1.08. The van der Waals surface area contributed by atoms with Crippen molar-refractivity contribution in [2.45, 2.75) is 25.6 Å². The molecular formula is C19H20Cl2FN7O3S. The number of carbonyl (C=O) groups is 2. The minimum absolute atomic E-state index is 0.0166. The van der Waals surface area contributed by atoms with E-state index in [-0.39, 0.29) is 27.2 Å². The number of aryl methyl sites for hydroxylation is 2. The number of methoxy groups -OCH3 is 1. The third-order valence-corrected chi connectivity index (χ3v) is 7.28. The zero-order chi connectivity index (χ0) is 23.9. The molecule has 14 heteroatoms. The first-order valence-corrected chi connectivity index (χ1v) is 11.5. The minimum Gasteiger partial charge on any atom is -0.465 e. The molecule has 0 aromatic carbocycles. The molecule has 1 fully saturated rings. The molecule has 0 radical (unpaired) electrons. The molecule has 33 heavy (non-hydrogen) atoms. The van der Waals surface area contributed by atoms with Crippen LogP contribution in [0, 0.1) is 6.92 Å². The van der Waals surface area contributed by atoms with Crippen molar-refractivity contribution in [2.24, 2.45) is 7.05 Å². The smallest absolute Gasteiger partial charge is 0.350 e. The van der Waals surface area contributed by atoms with Crippen LogP contribution in [0.15, 0.2) is 6.20 Å². The number of nitrogens with one attached hydrogen (secondary N) is 2. The highest BCUT2D eigenvalue weighted by Crippen LogP contribution is 2.34. The molecule has 1 aliphatic heterocycles. The van der Waals surface area contributed by atoms with E-state index in [0.717, 1.165) is 11.3 Å². The number of aromatic nitrogens is 5. The summed E-state index contributed by atoms with van der Waals surface area (Å²) >= 11 is 13.2. The summed E-state index contributed by atoms with van der Waals surface area (Å²) in [4.78, 5) is 34.2. The van der Waals surface area contributed by atoms with E-state index in [1.807, 2.05) is 0 Å². The van der Waals surface area contributed by atoms with Crippen LogP contribution in [0.4, 0.5) is 9.52 Å². The average molecular weight is 516 g/mol. The fourth-order valence-electron chi connectivity index (χ4n) is 3.51. The quantitative estimate of drug-likeness (QED) is 0.501. The second kappa shape index (κ2) is 9.27. The average Bonchev–Trinajstić information content (AvgIpc) is 3.49. The van der Waals surface area contributed by atoms with E-state index in [2.05, 4.69) is 25.6 Å². The van der Waals surface area contributed by atoms with Gasteiger partial charge in [0, 0.05) is 19.3 Å². The molecule has 0 unspecified atom stereocenters. The molecule has 4 rings (SSSR count). The molecule has 1 saturated heterocycles. The van der Waals surface area contributed by atoms with Gasteiger partial charge in [0.05, 0.1) is 35.9 Å². The van der Waals surface area contributed by atoms with Gasteiger partial charge in [0.2, 0.25) is 0 Å². The van der Waals surface area contributed by atoms with Gasteiger partial charge in [-0.05, 0) is 13.3 Å². The number of ether oxygens (including phenoxy) is 1. The summed E-state index contributed by atoms with van der Waals surface area (Å²) in [6, 6.07) is -0.716. The van der Waals surface area contributed by atoms with Gasteiger partial charge in [-0.15, -0.1) is 5.10 Å². The summed E-state index contributed by atoms with van der Waals surface area (Å²) < 4.78 is 21.4. The molecule has 1 amide bonds. The number of anilines is 1. The van der Waals surface area contributed by atoms with E-state index in [1.165, 1.54) is 11.8 Å². The van der Waals surface area contributed by atoms with Gasteiger partial charge in [0.25, 0.3) is 5.91 Å². The van der Waals surface area contributed by atoms with Gasteiger partial charge in [-0.25, -0.2) is 14.2 Å². The maximum absolute atomic E-state index is 15.0. The molecule has 0 spiro atoms. The summed E-state index contributed by atoms with van der Waals surface area (Å²) in [6.45, 7) is 2.09. The van der Waals surface area contributed by atoms with Crippen molar-refractivity contribution >= 4 is 51.5 Å². The molecule has 2 atom stereocenters. The summed E-state index contributed by atoms with van der Waals surface area (Å²) in [6.07, 6.45) is 0.578. The predicted octanol–water partition coefficient (Wildman–Crippen LogP) is 3.02. The van der Waals surface area contributed by atoms with Crippen LogP contribution in [-0.4, -0.2) is 69.3 Å². The van der Waals surface area contributed by atoms with Gasteiger partial charge in [-0.2, -0.15) is 0 Å². The molecule has 176 valence electrons. The first kappa shape index (κ1) is 23.5. The van der Waals surface area contributed by atoms with Gasteiger partial charge < -0.3 is 19.9 Å². The molecule has 3 aromatic heterocycles. The highest BCUT2D eigenvalue weighted by atomic mass is 35.5. The number of esters is 1. The van der Waals surface area contributed by atoms with E-state index in [4.69, 9.17) is 27.9 Å². The van der Waals surface area contributed by atoms with Crippen LogP contribution in [0.25, 0.3) is 11.4 Å². The standard InChI is InChI=1S/C19H20Cl2FN7O3S/c1-8-12(20)13(21)15(23-8)17(30)24-10-4-5-29(6-9(10)22)19-25-14(11-7-28(2)27-26-11)16(33-19)18(31)32-3/h7,9-10,23H,4-6H2,1-3H3,(H,24,30)/t9-,10+/m0/s1. The lowest BCUT2D eigenvalue weighted by Gasteiger charge is -2.34. The number of alkyl halides is 1. The number of carbonyl (C=O) groups excluding carboxylic acids is 2. The highest BCUT2D eigenvalue weighted by Gasteiger charge is 2.34. The van der Waals surface area contributed by atoms with Gasteiger partial charge in [0.1, 0.15) is 28.1 Å². The lowest BCUT2D eigenvalue weighted by Crippen LogP contribution is -2.52. The van der Waals surface area contributed by atoms with Crippen LogP contribution < -0.4 is 10.2 Å². The minimum atomic E-state index is -1.38. The number of H-pyrrole nitrogens is 1. The second-order valence-electron chi connectivity index (χ2n) is 7.53. The number of nitrogens with zero attached hydrogens (tertiary/aromatic N) is 5. The number of hydrogen-bond donors (Lipinski definition) is 2. The lowest BCUT2D eigenvalue weighted by atomic mass is 10.0. The molecular weight excluding hydrogens is 496 g/mol. The molecule has 0 aliphatic carbocycles. The monoisotopic (exact) mass is 515 g/mol. The first-order chi connectivity index (χ1) is 15.7. The SMILES string of the molecule is COC(=O)c1sc(N2CC[C@@H](NC(=O)c3[nH]c(C)c(Cl)c3Cl)[C@@H](F)C2)nc1-c1cn(C)nn1. The van der Waals surface area contributed by atoms with Gasteiger partial charge in [0.15, 0.2) is 5.13 Å². The first-order valence-electron chi connectivity index (χ1n) is 9.88. The van der Waals surface area contributed by atoms with Crippen molar-refractivity contribution in [2.75, 3.05) is 25.1 Å². The zero-order valence-corrected chi connectivity index (χ0v) is 20.2. The number of thiazole rings is 1. The van der Waals surface area contributed by atoms with Crippen molar-refractivity contribution in [1.29, 1.82) is 0 Å². The van der Waals surface area contributed by atoms with Crippen molar-refractivity contribution in [3.05, 3.63) is 32.5 Å². The number of rotatable bonds is 5. The van der Waals surface area contributed by atoms with Crippen molar-refractivity contribution < 1.29 is 18.7 Å². The van der Waals surface area contributed by atoms with E-state index in [1.54, 1.807) is 25.1 Å². The number of aromatic amines is 1. The van der Waals surface area contributed by atoms with Gasteiger partial charge >= 0.3 is 5.97 Å². The van der Waals surface area contributed by atoms with Crippen LogP contribution in [0.2, 0.25) is 10.0 Å². The van der Waals surface area contributed by atoms with E-state index < -0.39 is 24.1 Å². The number of piperidine rings is 1. The Morgan fingerprint density at radius 2 is 2.12 bits per heavy atom. The molecule has 4 heterocycles. The Morgan fingerprint density at radius 3 is 2.70 bits per heavy atom. The zero-order valence-electron chi connectivity index (χ0n) is 17.9. The highest BCUT2D eigenvalue weighted by molar-refractivity contribution is 7.17.